The Labute approximate surface area is 171 Å². The second-order valence-electron chi connectivity index (χ2n) is 7.25. The van der Waals surface area contributed by atoms with Crippen molar-refractivity contribution in [3.05, 3.63) is 75.8 Å². The van der Waals surface area contributed by atoms with Crippen molar-refractivity contribution in [1.29, 1.82) is 0 Å². The highest BCUT2D eigenvalue weighted by atomic mass is 35.5. The minimum atomic E-state index is -1.05. The van der Waals surface area contributed by atoms with Crippen molar-refractivity contribution in [1.82, 2.24) is 4.98 Å². The number of hydrogen-bond acceptors (Lipinski definition) is 4. The van der Waals surface area contributed by atoms with E-state index in [9.17, 15) is 14.7 Å². The first-order valence-corrected chi connectivity index (χ1v) is 10.2. The van der Waals surface area contributed by atoms with Gasteiger partial charge in [-0.2, -0.15) is 0 Å². The van der Waals surface area contributed by atoms with Gasteiger partial charge in [0.2, 0.25) is 0 Å². The maximum atomic E-state index is 12.7. The summed E-state index contributed by atoms with van der Waals surface area (Å²) in [6.07, 6.45) is 0.952. The van der Waals surface area contributed by atoms with Gasteiger partial charge in [0, 0.05) is 28.8 Å². The molecule has 0 fully saturated rings. The Hall–Kier alpha value is -2.50. The van der Waals surface area contributed by atoms with Crippen LogP contribution >= 0.6 is 22.9 Å². The molecule has 1 N–H and O–H groups in total. The summed E-state index contributed by atoms with van der Waals surface area (Å²) in [5.41, 5.74) is 2.57. The molecule has 0 aliphatic heterocycles. The number of hydrogen-bond donors (Lipinski definition) is 1. The largest absolute Gasteiger partial charge is 0.481 e. The van der Waals surface area contributed by atoms with Crippen LogP contribution in [0.25, 0.3) is 10.6 Å². The first-order chi connectivity index (χ1) is 13.4. The summed E-state index contributed by atoms with van der Waals surface area (Å²) in [6, 6.07) is 15.1. The molecule has 2 aromatic carbocycles. The van der Waals surface area contributed by atoms with Gasteiger partial charge in [-0.1, -0.05) is 48.0 Å². The molecule has 0 radical (unpaired) electrons. The molecular formula is C22H18ClNO3S. The van der Waals surface area contributed by atoms with E-state index in [0.29, 0.717) is 23.6 Å². The molecule has 0 amide bonds. The van der Waals surface area contributed by atoms with Gasteiger partial charge >= 0.3 is 5.97 Å². The summed E-state index contributed by atoms with van der Waals surface area (Å²) in [5, 5.41) is 13.1. The molecule has 3 aromatic rings. The van der Waals surface area contributed by atoms with Crippen molar-refractivity contribution in [3.63, 3.8) is 0 Å². The van der Waals surface area contributed by atoms with Crippen LogP contribution in [0.1, 0.15) is 23.2 Å². The van der Waals surface area contributed by atoms with Gasteiger partial charge in [0.1, 0.15) is 10.8 Å². The predicted molar refractivity (Wildman–Crippen MR) is 110 cm³/mol. The first kappa shape index (κ1) is 18.8. The van der Waals surface area contributed by atoms with Gasteiger partial charge in [0.05, 0.1) is 11.1 Å². The molecule has 1 aliphatic rings. The highest BCUT2D eigenvalue weighted by molar-refractivity contribution is 7.13. The highest BCUT2D eigenvalue weighted by Gasteiger charge is 2.45. The summed E-state index contributed by atoms with van der Waals surface area (Å²) in [6.45, 7) is 0. The van der Waals surface area contributed by atoms with Crippen LogP contribution in [0.2, 0.25) is 5.02 Å². The van der Waals surface area contributed by atoms with Gasteiger partial charge in [-0.15, -0.1) is 11.3 Å². The fourth-order valence-electron chi connectivity index (χ4n) is 3.83. The Morgan fingerprint density at radius 3 is 2.46 bits per heavy atom. The number of carboxylic acid groups (broad SMARTS) is 1. The Kier molecular flexibility index (Phi) is 5.04. The number of rotatable bonds is 6. The number of benzene rings is 2. The average Bonchev–Trinajstić information content (AvgIpc) is 3.26. The van der Waals surface area contributed by atoms with E-state index in [1.54, 1.807) is 6.07 Å². The number of aromatic nitrogens is 1. The van der Waals surface area contributed by atoms with Crippen molar-refractivity contribution in [2.75, 3.05) is 0 Å². The number of thiazole rings is 1. The molecule has 0 saturated carbocycles. The average molecular weight is 412 g/mol. The molecule has 4 nitrogen and oxygen atoms in total. The van der Waals surface area contributed by atoms with Crippen LogP contribution < -0.4 is 0 Å². The number of aliphatic carboxylic acids is 1. The van der Waals surface area contributed by atoms with Crippen molar-refractivity contribution >= 4 is 34.7 Å². The molecule has 0 atom stereocenters. The maximum Gasteiger partial charge on any atom is 0.310 e. The van der Waals surface area contributed by atoms with E-state index in [4.69, 9.17) is 11.6 Å². The molecule has 1 aromatic heterocycles. The fraction of sp³-hybridized carbons (Fsp3) is 0.227. The maximum absolute atomic E-state index is 12.7. The number of carboxylic acids is 1. The topological polar surface area (TPSA) is 67.3 Å². The molecule has 6 heteroatoms. The zero-order valence-corrected chi connectivity index (χ0v) is 16.6. The van der Waals surface area contributed by atoms with Crippen LogP contribution in [-0.2, 0) is 28.9 Å². The van der Waals surface area contributed by atoms with E-state index in [1.807, 2.05) is 47.8 Å². The number of ketones is 1. The lowest BCUT2D eigenvalue weighted by atomic mass is 9.79. The number of nitrogens with zero attached hydrogens (tertiary/aromatic N) is 1. The number of halogens is 1. The predicted octanol–water partition coefficient (Wildman–Crippen LogP) is 4.84. The van der Waals surface area contributed by atoms with Crippen LogP contribution in [0.4, 0.5) is 0 Å². The van der Waals surface area contributed by atoms with Crippen LogP contribution in [0, 0.1) is 5.41 Å². The van der Waals surface area contributed by atoms with Crippen molar-refractivity contribution in [2.45, 2.75) is 25.7 Å². The lowest BCUT2D eigenvalue weighted by Crippen LogP contribution is -2.34. The standard InChI is InChI=1S/C22H18ClNO3S/c23-17-7-3-6-14(8-17)20-24-18(13-28-20)9-19(25)12-22(21(26)27)10-15-4-1-2-5-16(15)11-22/h1-8,13H,9-12H2,(H,26,27). The quantitative estimate of drug-likeness (QED) is 0.630. The number of carbonyl (C=O) groups is 2. The van der Waals surface area contributed by atoms with Crippen LogP contribution in [-0.4, -0.2) is 21.8 Å². The first-order valence-electron chi connectivity index (χ1n) is 8.97. The van der Waals surface area contributed by atoms with Gasteiger partial charge in [-0.05, 0) is 36.1 Å². The third kappa shape index (κ3) is 3.73. The Morgan fingerprint density at radius 1 is 1.11 bits per heavy atom. The summed E-state index contributed by atoms with van der Waals surface area (Å²) >= 11 is 7.48. The normalized spacial score (nSPS) is 14.6. The smallest absolute Gasteiger partial charge is 0.310 e. The van der Waals surface area contributed by atoms with E-state index in [2.05, 4.69) is 4.98 Å². The lowest BCUT2D eigenvalue weighted by Gasteiger charge is -2.22. The number of carbonyl (C=O) groups excluding carboxylic acids is 1. The van der Waals surface area contributed by atoms with Crippen molar-refractivity contribution in [2.24, 2.45) is 5.41 Å². The Balaban J connectivity index is 1.48. The third-order valence-corrected chi connectivity index (χ3v) is 6.34. The monoisotopic (exact) mass is 411 g/mol. The van der Waals surface area contributed by atoms with E-state index in [-0.39, 0.29) is 18.6 Å². The van der Waals surface area contributed by atoms with Crippen LogP contribution in [0.5, 0.6) is 0 Å². The van der Waals surface area contributed by atoms with E-state index >= 15 is 0 Å². The summed E-state index contributed by atoms with van der Waals surface area (Å²) in [7, 11) is 0. The van der Waals surface area contributed by atoms with Gasteiger partial charge in [0.25, 0.3) is 0 Å². The van der Waals surface area contributed by atoms with Gasteiger partial charge in [0.15, 0.2) is 0 Å². The highest BCUT2D eigenvalue weighted by Crippen LogP contribution is 2.40. The Morgan fingerprint density at radius 2 is 1.82 bits per heavy atom. The van der Waals surface area contributed by atoms with Gasteiger partial charge < -0.3 is 5.11 Å². The summed E-state index contributed by atoms with van der Waals surface area (Å²) in [4.78, 5) is 29.3. The minimum absolute atomic E-state index is 0.0149. The number of Topliss-reactive ketones (excluding diaryl/α,β-unsaturated/α-hetero) is 1. The Bertz CT molecular complexity index is 1030. The summed E-state index contributed by atoms with van der Waals surface area (Å²) in [5.74, 6) is -1.01. The van der Waals surface area contributed by atoms with Gasteiger partial charge in [-0.25, -0.2) is 4.98 Å². The van der Waals surface area contributed by atoms with Gasteiger partial charge in [-0.3, -0.25) is 9.59 Å². The minimum Gasteiger partial charge on any atom is -0.481 e. The molecule has 4 rings (SSSR count). The molecule has 1 aliphatic carbocycles. The van der Waals surface area contributed by atoms with Crippen LogP contribution in [0.3, 0.4) is 0 Å². The molecule has 0 spiro atoms. The van der Waals surface area contributed by atoms with Crippen LogP contribution in [0.15, 0.2) is 53.9 Å². The lowest BCUT2D eigenvalue weighted by molar-refractivity contribution is -0.151. The molecule has 142 valence electrons. The SMILES string of the molecule is O=C(Cc1csc(-c2cccc(Cl)c2)n1)CC1(C(=O)O)Cc2ccccc2C1. The molecule has 0 unspecified atom stereocenters. The second-order valence-corrected chi connectivity index (χ2v) is 8.55. The molecule has 0 bridgehead atoms. The fourth-order valence-corrected chi connectivity index (χ4v) is 4.84. The van der Waals surface area contributed by atoms with E-state index in [1.165, 1.54) is 11.3 Å². The molecule has 1 heterocycles. The van der Waals surface area contributed by atoms with Crippen molar-refractivity contribution in [3.8, 4) is 10.6 Å². The molecule has 28 heavy (non-hydrogen) atoms. The van der Waals surface area contributed by atoms with Crippen molar-refractivity contribution < 1.29 is 14.7 Å². The van der Waals surface area contributed by atoms with E-state index < -0.39 is 11.4 Å². The molecular weight excluding hydrogens is 394 g/mol. The zero-order valence-electron chi connectivity index (χ0n) is 15.0. The number of fused-ring (bicyclic) bond motifs is 1. The third-order valence-electron chi connectivity index (χ3n) is 5.17. The zero-order chi connectivity index (χ0) is 19.7. The summed E-state index contributed by atoms with van der Waals surface area (Å²) < 4.78 is 0. The van der Waals surface area contributed by atoms with E-state index in [0.717, 1.165) is 21.7 Å². The molecule has 0 saturated heterocycles. The second kappa shape index (κ2) is 7.49.